The summed E-state index contributed by atoms with van der Waals surface area (Å²) in [6, 6.07) is 8.29. The second-order valence-electron chi connectivity index (χ2n) is 12.3. The maximum absolute atomic E-state index is 13.2. The summed E-state index contributed by atoms with van der Waals surface area (Å²) < 4.78 is 16.3. The van der Waals surface area contributed by atoms with Crippen molar-refractivity contribution in [1.29, 1.82) is 0 Å². The molecule has 244 valence electrons. The molecule has 0 radical (unpaired) electrons. The standard InChI is InChI=1S/C34H56N2O7/c1-5-6-7-8-9-10-11-12-13-14-18-22-28(25-30(35)37)42-32(39)29(36-33(40)43-34(2,3)4)23-19-24-31(38)41-26-27-20-16-15-17-21-27/h15-17,20-21,28-29H,5-14,18-19,22-26H2,1-4H3,(H2,35,37)(H,36,40)/t28-,29-/m1/s1. The van der Waals surface area contributed by atoms with Crippen LogP contribution in [0.25, 0.3) is 0 Å². The minimum absolute atomic E-state index is 0.0655. The molecule has 0 saturated heterocycles. The predicted octanol–water partition coefficient (Wildman–Crippen LogP) is 7.28. The molecule has 0 aliphatic heterocycles. The summed E-state index contributed by atoms with van der Waals surface area (Å²) in [5.74, 6) is -1.65. The molecular weight excluding hydrogens is 548 g/mol. The number of unbranched alkanes of at least 4 members (excludes halogenated alkanes) is 10. The first-order chi connectivity index (χ1) is 20.5. The number of nitrogens with two attached hydrogens (primary N) is 1. The number of hydrogen-bond acceptors (Lipinski definition) is 7. The molecule has 0 aromatic heterocycles. The van der Waals surface area contributed by atoms with Crippen molar-refractivity contribution < 1.29 is 33.4 Å². The van der Waals surface area contributed by atoms with Crippen LogP contribution in [0.1, 0.15) is 136 Å². The Hall–Kier alpha value is -3.10. The fourth-order valence-corrected chi connectivity index (χ4v) is 4.67. The quantitative estimate of drug-likeness (QED) is 0.0761. The van der Waals surface area contributed by atoms with Crippen molar-refractivity contribution >= 4 is 23.9 Å². The van der Waals surface area contributed by atoms with Gasteiger partial charge in [0, 0.05) is 6.42 Å². The molecular formula is C34H56N2O7. The van der Waals surface area contributed by atoms with Crippen LogP contribution in [0.2, 0.25) is 0 Å². The van der Waals surface area contributed by atoms with E-state index in [9.17, 15) is 19.2 Å². The molecule has 0 heterocycles. The first-order valence-corrected chi connectivity index (χ1v) is 16.2. The van der Waals surface area contributed by atoms with Gasteiger partial charge in [-0.1, -0.05) is 101 Å². The third-order valence-electron chi connectivity index (χ3n) is 6.93. The lowest BCUT2D eigenvalue weighted by Gasteiger charge is -2.24. The Balaban J connectivity index is 2.58. The van der Waals surface area contributed by atoms with Gasteiger partial charge in [-0.2, -0.15) is 0 Å². The summed E-state index contributed by atoms with van der Waals surface area (Å²) in [6.45, 7) is 7.55. The number of primary amides is 1. The molecule has 0 bridgehead atoms. The number of nitrogens with one attached hydrogen (secondary N) is 1. The van der Waals surface area contributed by atoms with Crippen LogP contribution in [0.5, 0.6) is 0 Å². The average Bonchev–Trinajstić information content (AvgIpc) is 2.93. The Morgan fingerprint density at radius 1 is 0.814 bits per heavy atom. The second-order valence-corrected chi connectivity index (χ2v) is 12.3. The SMILES string of the molecule is CCCCCCCCCCCCC[C@H](CC(N)=O)OC(=O)[C@@H](CCCC(=O)OCc1ccccc1)NC(=O)OC(C)(C)C. The van der Waals surface area contributed by atoms with Crippen LogP contribution in [0.4, 0.5) is 4.79 Å². The number of benzene rings is 1. The molecule has 1 rings (SSSR count). The molecule has 43 heavy (non-hydrogen) atoms. The molecule has 1 aromatic carbocycles. The van der Waals surface area contributed by atoms with Gasteiger partial charge in [0.15, 0.2) is 0 Å². The second kappa shape index (κ2) is 22.4. The number of amides is 2. The Morgan fingerprint density at radius 2 is 1.40 bits per heavy atom. The van der Waals surface area contributed by atoms with Gasteiger partial charge in [0.2, 0.25) is 5.91 Å². The van der Waals surface area contributed by atoms with Crippen molar-refractivity contribution in [2.24, 2.45) is 5.73 Å². The summed E-state index contributed by atoms with van der Waals surface area (Å²) >= 11 is 0. The van der Waals surface area contributed by atoms with E-state index in [1.165, 1.54) is 51.4 Å². The van der Waals surface area contributed by atoms with Crippen LogP contribution in [-0.4, -0.2) is 41.7 Å². The highest BCUT2D eigenvalue weighted by Gasteiger charge is 2.28. The zero-order valence-electron chi connectivity index (χ0n) is 27.0. The smallest absolute Gasteiger partial charge is 0.408 e. The summed E-state index contributed by atoms with van der Waals surface area (Å²) in [5.41, 5.74) is 5.55. The lowest BCUT2D eigenvalue weighted by molar-refractivity contribution is -0.154. The topological polar surface area (TPSA) is 134 Å². The highest BCUT2D eigenvalue weighted by molar-refractivity contribution is 5.82. The number of esters is 2. The Bertz CT molecular complexity index is 930. The van der Waals surface area contributed by atoms with Crippen LogP contribution in [0, 0.1) is 0 Å². The van der Waals surface area contributed by atoms with Crippen molar-refractivity contribution in [3.63, 3.8) is 0 Å². The maximum Gasteiger partial charge on any atom is 0.408 e. The van der Waals surface area contributed by atoms with E-state index >= 15 is 0 Å². The number of ether oxygens (including phenoxy) is 3. The summed E-state index contributed by atoms with van der Waals surface area (Å²) in [5, 5.41) is 2.57. The van der Waals surface area contributed by atoms with Crippen LogP contribution >= 0.6 is 0 Å². The normalized spacial score (nSPS) is 12.7. The summed E-state index contributed by atoms with van der Waals surface area (Å²) in [6.07, 6.45) is 12.5. The average molecular weight is 605 g/mol. The van der Waals surface area contributed by atoms with E-state index in [-0.39, 0.29) is 32.3 Å². The summed E-state index contributed by atoms with van der Waals surface area (Å²) in [4.78, 5) is 49.6. The van der Waals surface area contributed by atoms with Crippen LogP contribution in [0.15, 0.2) is 30.3 Å². The van der Waals surface area contributed by atoms with E-state index in [1.807, 2.05) is 30.3 Å². The highest BCUT2D eigenvalue weighted by atomic mass is 16.6. The first-order valence-electron chi connectivity index (χ1n) is 16.2. The minimum Gasteiger partial charge on any atom is -0.461 e. The highest BCUT2D eigenvalue weighted by Crippen LogP contribution is 2.17. The number of carbonyl (C=O) groups excluding carboxylic acids is 4. The Kier molecular flexibility index (Phi) is 19.8. The molecule has 1 aromatic rings. The van der Waals surface area contributed by atoms with Crippen molar-refractivity contribution in [3.8, 4) is 0 Å². The van der Waals surface area contributed by atoms with Crippen molar-refractivity contribution in [1.82, 2.24) is 5.32 Å². The molecule has 2 atom stereocenters. The molecule has 0 unspecified atom stereocenters. The van der Waals surface area contributed by atoms with Gasteiger partial charge in [0.25, 0.3) is 0 Å². The Morgan fingerprint density at radius 3 is 1.95 bits per heavy atom. The molecule has 2 amide bonds. The number of alkyl carbamates (subject to hydrolysis) is 1. The zero-order chi connectivity index (χ0) is 31.9. The molecule has 0 fully saturated rings. The van der Waals surface area contributed by atoms with E-state index < -0.39 is 41.7 Å². The van der Waals surface area contributed by atoms with E-state index in [2.05, 4.69) is 12.2 Å². The molecule has 3 N–H and O–H groups in total. The molecule has 0 aliphatic carbocycles. The van der Waals surface area contributed by atoms with Gasteiger partial charge in [-0.05, 0) is 52.0 Å². The van der Waals surface area contributed by atoms with Gasteiger partial charge in [0.05, 0.1) is 6.42 Å². The van der Waals surface area contributed by atoms with Crippen LogP contribution < -0.4 is 11.1 Å². The van der Waals surface area contributed by atoms with Crippen molar-refractivity contribution in [2.45, 2.75) is 155 Å². The van der Waals surface area contributed by atoms with Crippen molar-refractivity contribution in [3.05, 3.63) is 35.9 Å². The number of rotatable bonds is 23. The fraction of sp³-hybridized carbons (Fsp3) is 0.706. The fourth-order valence-electron chi connectivity index (χ4n) is 4.67. The Labute approximate surface area is 259 Å². The molecule has 9 heteroatoms. The molecule has 0 aliphatic rings. The predicted molar refractivity (Wildman–Crippen MR) is 168 cm³/mol. The third-order valence-corrected chi connectivity index (χ3v) is 6.93. The van der Waals surface area contributed by atoms with Gasteiger partial charge < -0.3 is 25.3 Å². The van der Waals surface area contributed by atoms with Gasteiger partial charge in [-0.25, -0.2) is 9.59 Å². The van der Waals surface area contributed by atoms with Gasteiger partial charge >= 0.3 is 18.0 Å². The van der Waals surface area contributed by atoms with Gasteiger partial charge in [-0.3, -0.25) is 9.59 Å². The summed E-state index contributed by atoms with van der Waals surface area (Å²) in [7, 11) is 0. The molecule has 0 spiro atoms. The minimum atomic E-state index is -1.05. The largest absolute Gasteiger partial charge is 0.461 e. The maximum atomic E-state index is 13.2. The van der Waals surface area contributed by atoms with Crippen LogP contribution in [0.3, 0.4) is 0 Å². The number of carbonyl (C=O) groups is 4. The van der Waals surface area contributed by atoms with E-state index in [1.54, 1.807) is 20.8 Å². The third kappa shape index (κ3) is 21.3. The van der Waals surface area contributed by atoms with E-state index in [4.69, 9.17) is 19.9 Å². The van der Waals surface area contributed by atoms with Crippen molar-refractivity contribution in [2.75, 3.05) is 0 Å². The van der Waals surface area contributed by atoms with E-state index in [0.717, 1.165) is 24.8 Å². The number of hydrogen-bond donors (Lipinski definition) is 2. The monoisotopic (exact) mass is 604 g/mol. The lowest BCUT2D eigenvalue weighted by Crippen LogP contribution is -2.45. The zero-order valence-corrected chi connectivity index (χ0v) is 27.0. The molecule has 0 saturated carbocycles. The first kappa shape index (κ1) is 37.9. The molecule has 9 nitrogen and oxygen atoms in total. The van der Waals surface area contributed by atoms with Crippen LogP contribution in [-0.2, 0) is 35.2 Å². The van der Waals surface area contributed by atoms with Gasteiger partial charge in [0.1, 0.15) is 24.4 Å². The van der Waals surface area contributed by atoms with Gasteiger partial charge in [-0.15, -0.1) is 0 Å². The lowest BCUT2D eigenvalue weighted by atomic mass is 10.0. The van der Waals surface area contributed by atoms with E-state index in [0.29, 0.717) is 6.42 Å².